The van der Waals surface area contributed by atoms with E-state index in [9.17, 15) is 9.59 Å². The van der Waals surface area contributed by atoms with E-state index in [4.69, 9.17) is 4.42 Å². The van der Waals surface area contributed by atoms with Crippen LogP contribution in [0, 0.1) is 5.92 Å². The summed E-state index contributed by atoms with van der Waals surface area (Å²) in [5.41, 5.74) is 2.06. The molecule has 1 aromatic heterocycles. The van der Waals surface area contributed by atoms with Crippen molar-refractivity contribution in [2.45, 2.75) is 19.8 Å². The van der Waals surface area contributed by atoms with Crippen molar-refractivity contribution in [3.63, 3.8) is 0 Å². The van der Waals surface area contributed by atoms with Crippen molar-refractivity contribution in [3.05, 3.63) is 48.4 Å². The topological polar surface area (TPSA) is 70.2 Å². The van der Waals surface area contributed by atoms with Gasteiger partial charge in [0.15, 0.2) is 12.3 Å². The van der Waals surface area contributed by atoms with Crippen LogP contribution in [-0.4, -0.2) is 62.5 Å². The number of quaternary nitrogens is 1. The largest absolute Gasteiger partial charge is 0.459 e. The van der Waals surface area contributed by atoms with Crippen LogP contribution in [0.2, 0.25) is 0 Å². The molecule has 2 fully saturated rings. The maximum absolute atomic E-state index is 12.5. The second kappa shape index (κ2) is 9.34. The molecule has 2 amide bonds. The minimum atomic E-state index is -0.0771. The first-order chi connectivity index (χ1) is 14.6. The van der Waals surface area contributed by atoms with Crippen LogP contribution in [0.4, 0.5) is 11.4 Å². The monoisotopic (exact) mass is 411 g/mol. The number of piperazine rings is 1. The fourth-order valence-electron chi connectivity index (χ4n) is 4.21. The van der Waals surface area contributed by atoms with Gasteiger partial charge in [-0.25, -0.2) is 0 Å². The van der Waals surface area contributed by atoms with E-state index in [1.807, 2.05) is 12.1 Å². The van der Waals surface area contributed by atoms with Gasteiger partial charge in [-0.15, -0.1) is 0 Å². The molecular weight excluding hydrogens is 380 g/mol. The van der Waals surface area contributed by atoms with E-state index in [-0.39, 0.29) is 11.8 Å². The maximum Gasteiger partial charge on any atom is 0.289 e. The molecule has 0 bridgehead atoms. The Bertz CT molecular complexity index is 834. The van der Waals surface area contributed by atoms with Crippen LogP contribution in [0.5, 0.6) is 0 Å². The molecule has 0 atom stereocenters. The standard InChI is InChI=1S/C23H30N4O3/c1-18-8-10-26(11-9-18)20-6-4-19(5-7-20)24-22(28)17-25-12-14-27(15-13-25)23(29)21-3-2-16-30-21/h2-7,16,18H,8-15,17H2,1H3,(H,24,28)/p+1. The van der Waals surface area contributed by atoms with Crippen LogP contribution in [0.1, 0.15) is 30.3 Å². The second-order valence-electron chi connectivity index (χ2n) is 8.46. The van der Waals surface area contributed by atoms with Gasteiger partial charge in [-0.2, -0.15) is 0 Å². The highest BCUT2D eigenvalue weighted by atomic mass is 16.3. The van der Waals surface area contributed by atoms with Gasteiger partial charge in [0, 0.05) is 24.5 Å². The number of benzene rings is 1. The predicted molar refractivity (Wildman–Crippen MR) is 116 cm³/mol. The fourth-order valence-corrected chi connectivity index (χ4v) is 4.21. The van der Waals surface area contributed by atoms with E-state index in [0.29, 0.717) is 25.4 Å². The molecule has 7 nitrogen and oxygen atoms in total. The molecule has 2 N–H and O–H groups in total. The van der Waals surface area contributed by atoms with E-state index < -0.39 is 0 Å². The van der Waals surface area contributed by atoms with E-state index in [2.05, 4.69) is 29.3 Å². The average Bonchev–Trinajstić information content (AvgIpc) is 3.30. The molecule has 4 rings (SSSR count). The Morgan fingerprint density at radius 3 is 2.40 bits per heavy atom. The molecule has 160 valence electrons. The van der Waals surface area contributed by atoms with E-state index in [0.717, 1.165) is 37.8 Å². The Balaban J connectivity index is 1.22. The van der Waals surface area contributed by atoms with Crippen molar-refractivity contribution in [2.75, 3.05) is 56.0 Å². The molecule has 2 saturated heterocycles. The quantitative estimate of drug-likeness (QED) is 0.782. The number of carbonyl (C=O) groups is 2. The fraction of sp³-hybridized carbons (Fsp3) is 0.478. The number of piperidine rings is 1. The first-order valence-corrected chi connectivity index (χ1v) is 10.9. The second-order valence-corrected chi connectivity index (χ2v) is 8.46. The highest BCUT2D eigenvalue weighted by Crippen LogP contribution is 2.24. The Labute approximate surface area is 177 Å². The molecule has 0 unspecified atom stereocenters. The number of hydrogen-bond donors (Lipinski definition) is 2. The first kappa shape index (κ1) is 20.5. The van der Waals surface area contributed by atoms with Crippen LogP contribution in [0.3, 0.4) is 0 Å². The van der Waals surface area contributed by atoms with E-state index in [1.165, 1.54) is 29.7 Å². The number of hydrogen-bond acceptors (Lipinski definition) is 4. The average molecular weight is 412 g/mol. The molecule has 1 aromatic carbocycles. The number of nitrogens with one attached hydrogen (secondary N) is 2. The highest BCUT2D eigenvalue weighted by Gasteiger charge is 2.27. The lowest BCUT2D eigenvalue weighted by Crippen LogP contribution is -3.15. The number of anilines is 2. The number of furan rings is 1. The van der Waals surface area contributed by atoms with Gasteiger partial charge in [0.25, 0.3) is 11.8 Å². The maximum atomic E-state index is 12.5. The lowest BCUT2D eigenvalue weighted by atomic mass is 9.99. The van der Waals surface area contributed by atoms with Crippen LogP contribution in [0.15, 0.2) is 47.1 Å². The van der Waals surface area contributed by atoms with E-state index in [1.54, 1.807) is 17.0 Å². The number of amides is 2. The summed E-state index contributed by atoms with van der Waals surface area (Å²) in [6.07, 6.45) is 3.99. The van der Waals surface area contributed by atoms with Crippen molar-refractivity contribution >= 4 is 23.2 Å². The Kier molecular flexibility index (Phi) is 6.38. The van der Waals surface area contributed by atoms with Crippen molar-refractivity contribution < 1.29 is 18.9 Å². The SMILES string of the molecule is CC1CCN(c2ccc(NC(=O)C[NH+]3CCN(C(=O)c4ccco4)CC3)cc2)CC1. The highest BCUT2D eigenvalue weighted by molar-refractivity contribution is 5.92. The number of nitrogens with zero attached hydrogens (tertiary/aromatic N) is 2. The van der Waals surface area contributed by atoms with Gasteiger partial charge < -0.3 is 24.4 Å². The van der Waals surface area contributed by atoms with E-state index >= 15 is 0 Å². The lowest BCUT2D eigenvalue weighted by molar-refractivity contribution is -0.895. The summed E-state index contributed by atoms with van der Waals surface area (Å²) in [4.78, 5) is 30.2. The predicted octanol–water partition coefficient (Wildman–Crippen LogP) is 1.50. The zero-order chi connectivity index (χ0) is 20.9. The zero-order valence-corrected chi connectivity index (χ0v) is 17.6. The summed E-state index contributed by atoms with van der Waals surface area (Å²) in [6.45, 7) is 7.70. The van der Waals surface area contributed by atoms with Crippen LogP contribution in [0.25, 0.3) is 0 Å². The molecule has 2 aliphatic heterocycles. The van der Waals surface area contributed by atoms with Gasteiger partial charge in [0.1, 0.15) is 0 Å². The van der Waals surface area contributed by atoms with Crippen LogP contribution >= 0.6 is 0 Å². The minimum Gasteiger partial charge on any atom is -0.459 e. The Morgan fingerprint density at radius 1 is 1.07 bits per heavy atom. The zero-order valence-electron chi connectivity index (χ0n) is 17.6. The number of carbonyl (C=O) groups excluding carboxylic acids is 2. The summed E-state index contributed by atoms with van der Waals surface area (Å²) in [5.74, 6) is 1.12. The van der Waals surface area contributed by atoms with Crippen LogP contribution in [-0.2, 0) is 4.79 Å². The van der Waals surface area contributed by atoms with Gasteiger partial charge in [0.05, 0.1) is 32.4 Å². The smallest absolute Gasteiger partial charge is 0.289 e. The van der Waals surface area contributed by atoms with Gasteiger partial charge in [-0.05, 0) is 55.2 Å². The molecule has 2 aliphatic rings. The molecule has 3 heterocycles. The van der Waals surface area contributed by atoms with Crippen molar-refractivity contribution in [2.24, 2.45) is 5.92 Å². The Morgan fingerprint density at radius 2 is 1.77 bits per heavy atom. The summed E-state index contributed by atoms with van der Waals surface area (Å²) in [5, 5.41) is 3.01. The lowest BCUT2D eigenvalue weighted by Gasteiger charge is -2.32. The van der Waals surface area contributed by atoms with Crippen molar-refractivity contribution in [1.29, 1.82) is 0 Å². The summed E-state index contributed by atoms with van der Waals surface area (Å²) >= 11 is 0. The molecule has 7 heteroatoms. The normalized spacial score (nSPS) is 18.4. The van der Waals surface area contributed by atoms with Gasteiger partial charge in [-0.1, -0.05) is 6.92 Å². The molecule has 0 radical (unpaired) electrons. The molecular formula is C23H31N4O3+. The third-order valence-corrected chi connectivity index (χ3v) is 6.20. The molecule has 0 spiro atoms. The first-order valence-electron chi connectivity index (χ1n) is 10.9. The summed E-state index contributed by atoms with van der Waals surface area (Å²) in [6, 6.07) is 11.6. The molecule has 2 aromatic rings. The van der Waals surface area contributed by atoms with Gasteiger partial charge in [-0.3, -0.25) is 9.59 Å². The van der Waals surface area contributed by atoms with Gasteiger partial charge >= 0.3 is 0 Å². The van der Waals surface area contributed by atoms with Crippen LogP contribution < -0.4 is 15.1 Å². The van der Waals surface area contributed by atoms with Gasteiger partial charge in [0.2, 0.25) is 0 Å². The minimum absolute atomic E-state index is 0.00959. The summed E-state index contributed by atoms with van der Waals surface area (Å²) < 4.78 is 5.19. The summed E-state index contributed by atoms with van der Waals surface area (Å²) in [7, 11) is 0. The molecule has 0 saturated carbocycles. The molecule has 30 heavy (non-hydrogen) atoms. The third-order valence-electron chi connectivity index (χ3n) is 6.20. The molecule has 0 aliphatic carbocycles. The third kappa shape index (κ3) is 5.02. The van der Waals surface area contributed by atoms with Crippen molar-refractivity contribution in [3.8, 4) is 0 Å². The van der Waals surface area contributed by atoms with Crippen molar-refractivity contribution in [1.82, 2.24) is 4.90 Å². The Hall–Kier alpha value is -2.80. The number of rotatable bonds is 5.